The van der Waals surface area contributed by atoms with Gasteiger partial charge in [-0.2, -0.15) is 13.4 Å². The Morgan fingerprint density at radius 2 is 2.31 bits per heavy atom. The molecule has 0 aliphatic rings. The van der Waals surface area contributed by atoms with E-state index in [4.69, 9.17) is 4.55 Å². The molecule has 0 spiro atoms. The van der Waals surface area contributed by atoms with Gasteiger partial charge in [0, 0.05) is 13.3 Å². The van der Waals surface area contributed by atoms with Gasteiger partial charge < -0.3 is 4.52 Å². The van der Waals surface area contributed by atoms with Gasteiger partial charge in [-0.15, -0.1) is 0 Å². The van der Waals surface area contributed by atoms with Crippen molar-refractivity contribution in [2.75, 3.05) is 6.61 Å². The van der Waals surface area contributed by atoms with E-state index in [0.717, 1.165) is 0 Å². The minimum absolute atomic E-state index is 0.164. The van der Waals surface area contributed by atoms with Gasteiger partial charge in [0.15, 0.2) is 5.82 Å². The van der Waals surface area contributed by atoms with Crippen LogP contribution in [0.25, 0.3) is 0 Å². The van der Waals surface area contributed by atoms with Crippen LogP contribution in [0.5, 0.6) is 0 Å². The quantitative estimate of drug-likeness (QED) is 0.680. The molecule has 0 radical (unpaired) electrons. The van der Waals surface area contributed by atoms with Crippen molar-refractivity contribution in [3.8, 4) is 0 Å². The highest BCUT2D eigenvalue weighted by molar-refractivity contribution is 7.80. The Kier molecular flexibility index (Phi) is 2.96. The zero-order valence-corrected chi connectivity index (χ0v) is 7.61. The Morgan fingerprint density at radius 1 is 1.62 bits per heavy atom. The van der Waals surface area contributed by atoms with Gasteiger partial charge in [0.1, 0.15) is 0 Å². The minimum Gasteiger partial charge on any atom is -0.340 e. The highest BCUT2D eigenvalue weighted by Crippen LogP contribution is 1.97. The van der Waals surface area contributed by atoms with Crippen LogP contribution < -0.4 is 0 Å². The summed E-state index contributed by atoms with van der Waals surface area (Å²) in [4.78, 5) is 3.80. The van der Waals surface area contributed by atoms with Gasteiger partial charge in [0.2, 0.25) is 5.89 Å². The first kappa shape index (κ1) is 10.1. The van der Waals surface area contributed by atoms with Gasteiger partial charge in [-0.1, -0.05) is 5.16 Å². The summed E-state index contributed by atoms with van der Waals surface area (Å²) >= 11 is 0. The maximum Gasteiger partial charge on any atom is 0.397 e. The summed E-state index contributed by atoms with van der Waals surface area (Å²) in [6.07, 6.45) is 0.164. The Balaban J connectivity index is 2.36. The van der Waals surface area contributed by atoms with Crippen molar-refractivity contribution >= 4 is 10.4 Å². The van der Waals surface area contributed by atoms with Gasteiger partial charge in [0.25, 0.3) is 0 Å². The SMILES string of the molecule is Cc1nc(CCOS(=O)(=O)O)no1. The number of rotatable bonds is 4. The maximum absolute atomic E-state index is 10.1. The van der Waals surface area contributed by atoms with Gasteiger partial charge in [-0.25, -0.2) is 4.18 Å². The second kappa shape index (κ2) is 3.81. The van der Waals surface area contributed by atoms with Crippen LogP contribution in [0.3, 0.4) is 0 Å². The summed E-state index contributed by atoms with van der Waals surface area (Å²) in [6, 6.07) is 0. The Hall–Kier alpha value is -0.990. The second-order valence-electron chi connectivity index (χ2n) is 2.23. The lowest BCUT2D eigenvalue weighted by molar-refractivity contribution is 0.268. The number of aromatic nitrogens is 2. The number of hydrogen-bond acceptors (Lipinski definition) is 6. The first-order valence-electron chi connectivity index (χ1n) is 3.38. The molecule has 0 bridgehead atoms. The molecule has 0 aliphatic carbocycles. The lowest BCUT2D eigenvalue weighted by atomic mass is 10.4. The van der Waals surface area contributed by atoms with E-state index < -0.39 is 10.4 Å². The topological polar surface area (TPSA) is 103 Å². The molecule has 13 heavy (non-hydrogen) atoms. The van der Waals surface area contributed by atoms with Crippen molar-refractivity contribution in [2.45, 2.75) is 13.3 Å². The summed E-state index contributed by atoms with van der Waals surface area (Å²) in [5, 5.41) is 3.49. The first-order chi connectivity index (χ1) is 5.97. The molecule has 0 unspecified atom stereocenters. The normalized spacial score (nSPS) is 11.8. The fourth-order valence-electron chi connectivity index (χ4n) is 0.681. The van der Waals surface area contributed by atoms with E-state index in [1.165, 1.54) is 0 Å². The standard InChI is InChI=1S/C5H8N2O5S/c1-4-6-5(7-12-4)2-3-11-13(8,9)10/h2-3H2,1H3,(H,8,9,10). The predicted octanol–water partition coefficient (Wildman–Crippen LogP) is -0.260. The van der Waals surface area contributed by atoms with E-state index in [1.54, 1.807) is 6.92 Å². The van der Waals surface area contributed by atoms with Crippen molar-refractivity contribution in [3.63, 3.8) is 0 Å². The Bertz CT molecular complexity index is 370. The monoisotopic (exact) mass is 208 g/mol. The third-order valence-electron chi connectivity index (χ3n) is 1.13. The average Bonchev–Trinajstić information content (AvgIpc) is 2.33. The highest BCUT2D eigenvalue weighted by atomic mass is 32.3. The molecule has 8 heteroatoms. The average molecular weight is 208 g/mol. The van der Waals surface area contributed by atoms with Gasteiger partial charge in [-0.05, 0) is 0 Å². The minimum atomic E-state index is -4.37. The Morgan fingerprint density at radius 3 is 2.77 bits per heavy atom. The zero-order chi connectivity index (χ0) is 9.90. The van der Waals surface area contributed by atoms with Crippen LogP contribution >= 0.6 is 0 Å². The van der Waals surface area contributed by atoms with Crippen LogP contribution in [-0.2, 0) is 21.0 Å². The Labute approximate surface area is 74.7 Å². The highest BCUT2D eigenvalue weighted by Gasteiger charge is 2.06. The van der Waals surface area contributed by atoms with Crippen LogP contribution in [0.4, 0.5) is 0 Å². The largest absolute Gasteiger partial charge is 0.397 e. The predicted molar refractivity (Wildman–Crippen MR) is 40.2 cm³/mol. The molecular formula is C5H8N2O5S. The van der Waals surface area contributed by atoms with Crippen molar-refractivity contribution in [1.29, 1.82) is 0 Å². The van der Waals surface area contributed by atoms with E-state index in [0.29, 0.717) is 11.7 Å². The van der Waals surface area contributed by atoms with Crippen LogP contribution in [0.15, 0.2) is 4.52 Å². The lowest BCUT2D eigenvalue weighted by Crippen LogP contribution is -2.07. The van der Waals surface area contributed by atoms with E-state index >= 15 is 0 Å². The summed E-state index contributed by atoms with van der Waals surface area (Å²) in [5.74, 6) is 0.725. The first-order valence-corrected chi connectivity index (χ1v) is 4.75. The summed E-state index contributed by atoms with van der Waals surface area (Å²) < 4.78 is 37.0. The molecule has 74 valence electrons. The third kappa shape index (κ3) is 3.97. The van der Waals surface area contributed by atoms with Crippen LogP contribution in [0, 0.1) is 6.92 Å². The van der Waals surface area contributed by atoms with Gasteiger partial charge in [0.05, 0.1) is 6.61 Å². The van der Waals surface area contributed by atoms with Crippen molar-refractivity contribution in [1.82, 2.24) is 10.1 Å². The van der Waals surface area contributed by atoms with E-state index in [2.05, 4.69) is 18.8 Å². The van der Waals surface area contributed by atoms with Crippen LogP contribution in [0.1, 0.15) is 11.7 Å². The molecule has 0 aliphatic heterocycles. The van der Waals surface area contributed by atoms with E-state index in [1.807, 2.05) is 0 Å². The summed E-state index contributed by atoms with van der Waals surface area (Å²) in [7, 11) is -4.37. The van der Waals surface area contributed by atoms with E-state index in [-0.39, 0.29) is 13.0 Å². The number of hydrogen-bond donors (Lipinski definition) is 1. The van der Waals surface area contributed by atoms with Crippen LogP contribution in [-0.4, -0.2) is 29.7 Å². The van der Waals surface area contributed by atoms with Gasteiger partial charge >= 0.3 is 10.4 Å². The maximum atomic E-state index is 10.1. The zero-order valence-electron chi connectivity index (χ0n) is 6.80. The summed E-state index contributed by atoms with van der Waals surface area (Å²) in [5.41, 5.74) is 0. The molecule has 7 nitrogen and oxygen atoms in total. The summed E-state index contributed by atoms with van der Waals surface area (Å²) in [6.45, 7) is 1.40. The molecule has 1 heterocycles. The molecule has 0 saturated heterocycles. The fourth-order valence-corrected chi connectivity index (χ4v) is 0.975. The molecule has 0 atom stereocenters. The van der Waals surface area contributed by atoms with E-state index in [9.17, 15) is 8.42 Å². The molecule has 0 saturated carbocycles. The van der Waals surface area contributed by atoms with Crippen LogP contribution in [0.2, 0.25) is 0 Å². The smallest absolute Gasteiger partial charge is 0.340 e. The molecule has 1 rings (SSSR count). The number of nitrogens with zero attached hydrogens (tertiary/aromatic N) is 2. The van der Waals surface area contributed by atoms with Crippen molar-refractivity contribution in [2.24, 2.45) is 0 Å². The molecule has 0 amide bonds. The lowest BCUT2D eigenvalue weighted by Gasteiger charge is -1.94. The molecule has 1 aromatic rings. The molecule has 1 aromatic heterocycles. The van der Waals surface area contributed by atoms with Crippen molar-refractivity contribution in [3.05, 3.63) is 11.7 Å². The molecular weight excluding hydrogens is 200 g/mol. The van der Waals surface area contributed by atoms with Gasteiger partial charge in [-0.3, -0.25) is 4.55 Å². The number of aryl methyl sites for hydroxylation is 1. The van der Waals surface area contributed by atoms with Crippen molar-refractivity contribution < 1.29 is 21.7 Å². The fraction of sp³-hybridized carbons (Fsp3) is 0.600. The molecule has 0 fully saturated rings. The second-order valence-corrected chi connectivity index (χ2v) is 3.32. The third-order valence-corrected chi connectivity index (χ3v) is 1.59. The molecule has 0 aromatic carbocycles. The molecule has 1 N–H and O–H groups in total.